The number of H-pyrrole nitrogens is 1. The molecule has 4 heterocycles. The lowest BCUT2D eigenvalue weighted by Gasteiger charge is -2.30. The fourth-order valence-electron chi connectivity index (χ4n) is 6.08. The maximum absolute atomic E-state index is 16.3. The summed E-state index contributed by atoms with van der Waals surface area (Å²) in [7, 11) is 0. The summed E-state index contributed by atoms with van der Waals surface area (Å²) in [6, 6.07) is 0. The summed E-state index contributed by atoms with van der Waals surface area (Å²) >= 11 is 0. The van der Waals surface area contributed by atoms with Crippen LogP contribution in [0.4, 0.5) is 4.39 Å². The van der Waals surface area contributed by atoms with Gasteiger partial charge in [-0.05, 0) is 86.3 Å². The summed E-state index contributed by atoms with van der Waals surface area (Å²) < 4.78 is 18.1. The smallest absolute Gasteiger partial charge is 0.158 e. The monoisotopic (exact) mass is 489 g/mol. The molecule has 4 aromatic rings. The van der Waals surface area contributed by atoms with Gasteiger partial charge in [0.15, 0.2) is 11.5 Å². The molecule has 5 nitrogen and oxygen atoms in total. The highest BCUT2D eigenvalue weighted by Gasteiger charge is 2.29. The zero-order valence-electron chi connectivity index (χ0n) is 22.9. The van der Waals surface area contributed by atoms with E-state index < -0.39 is 0 Å². The van der Waals surface area contributed by atoms with Crippen molar-refractivity contribution in [2.45, 2.75) is 98.8 Å². The molecule has 0 bridgehead atoms. The van der Waals surface area contributed by atoms with Gasteiger partial charge >= 0.3 is 0 Å². The third-order valence-corrected chi connectivity index (χ3v) is 8.35. The Balaban J connectivity index is 1.52. The minimum Gasteiger partial charge on any atom is -0.353 e. The molecule has 0 aliphatic heterocycles. The van der Waals surface area contributed by atoms with Crippen molar-refractivity contribution in [2.24, 2.45) is 11.3 Å². The fourth-order valence-corrected chi connectivity index (χ4v) is 6.08. The highest BCUT2D eigenvalue weighted by molar-refractivity contribution is 5.92. The molecule has 1 aliphatic rings. The van der Waals surface area contributed by atoms with Crippen LogP contribution in [-0.4, -0.2) is 24.6 Å². The predicted molar refractivity (Wildman–Crippen MR) is 145 cm³/mol. The molecule has 0 radical (unpaired) electrons. The van der Waals surface area contributed by atoms with Gasteiger partial charge in [0.05, 0.1) is 23.1 Å². The molecule has 5 rings (SSSR count). The van der Waals surface area contributed by atoms with Crippen LogP contribution in [-0.2, 0) is 0 Å². The molecule has 192 valence electrons. The number of nitrogens with one attached hydrogen (secondary N) is 1. The number of aromatic nitrogens is 5. The van der Waals surface area contributed by atoms with Crippen LogP contribution >= 0.6 is 0 Å². The Hall–Kier alpha value is -2.76. The van der Waals surface area contributed by atoms with Crippen molar-refractivity contribution in [1.29, 1.82) is 0 Å². The summed E-state index contributed by atoms with van der Waals surface area (Å²) in [6.07, 6.45) is 12.4. The van der Waals surface area contributed by atoms with Gasteiger partial charge in [0.1, 0.15) is 6.33 Å². The average molecular weight is 490 g/mol. The van der Waals surface area contributed by atoms with Crippen LogP contribution in [0.1, 0.15) is 107 Å². The fraction of sp³-hybridized carbons (Fsp3) is 0.567. The molecule has 1 aliphatic carbocycles. The first-order chi connectivity index (χ1) is 17.0. The topological polar surface area (TPSA) is 58.9 Å². The van der Waals surface area contributed by atoms with E-state index >= 15 is 4.39 Å². The van der Waals surface area contributed by atoms with Gasteiger partial charge in [-0.15, -0.1) is 0 Å². The Morgan fingerprint density at radius 2 is 1.81 bits per heavy atom. The third-order valence-electron chi connectivity index (χ3n) is 8.35. The van der Waals surface area contributed by atoms with Crippen LogP contribution in [0.5, 0.6) is 0 Å². The number of rotatable bonds is 5. The van der Waals surface area contributed by atoms with E-state index in [0.717, 1.165) is 57.9 Å². The van der Waals surface area contributed by atoms with Crippen molar-refractivity contribution in [2.75, 3.05) is 0 Å². The number of hydrogen-bond donors (Lipinski definition) is 1. The molecule has 0 spiro atoms. The van der Waals surface area contributed by atoms with Gasteiger partial charge < -0.3 is 4.98 Å². The predicted octanol–water partition coefficient (Wildman–Crippen LogP) is 8.25. The standard InChI is InChI=1S/C30H40FN5/c1-17(2)24-25-23(35-28(24)22-15-36-29(33-16-34-36)19(4)18(22)3)14-32-27(26(25)31)21-10-8-20(9-11-21)12-13-30(5,6)7/h14-17,20-21,35H,8-13H2,1-7H3. The van der Waals surface area contributed by atoms with E-state index in [-0.39, 0.29) is 17.7 Å². The van der Waals surface area contributed by atoms with Gasteiger partial charge in [-0.2, -0.15) is 5.10 Å². The largest absolute Gasteiger partial charge is 0.353 e. The highest BCUT2D eigenvalue weighted by atomic mass is 19.1. The molecule has 0 amide bonds. The average Bonchev–Trinajstić information content (AvgIpc) is 3.45. The van der Waals surface area contributed by atoms with Crippen molar-refractivity contribution < 1.29 is 4.39 Å². The lowest BCUT2D eigenvalue weighted by atomic mass is 9.76. The molecular formula is C30H40FN5. The second-order valence-corrected chi connectivity index (χ2v) is 12.5. The molecule has 0 saturated heterocycles. The molecule has 1 saturated carbocycles. The van der Waals surface area contributed by atoms with E-state index in [2.05, 4.69) is 63.5 Å². The minimum atomic E-state index is -0.131. The summed E-state index contributed by atoms with van der Waals surface area (Å²) in [5, 5.41) is 5.07. The number of pyridine rings is 2. The Kier molecular flexibility index (Phi) is 6.42. The lowest BCUT2D eigenvalue weighted by Crippen LogP contribution is -2.17. The molecule has 0 unspecified atom stereocenters. The molecule has 36 heavy (non-hydrogen) atoms. The van der Waals surface area contributed by atoms with Gasteiger partial charge in [0.2, 0.25) is 0 Å². The number of halogens is 1. The van der Waals surface area contributed by atoms with Crippen LogP contribution in [0.2, 0.25) is 0 Å². The van der Waals surface area contributed by atoms with Crippen LogP contribution in [0, 0.1) is 31.0 Å². The molecule has 4 aromatic heterocycles. The van der Waals surface area contributed by atoms with Crippen molar-refractivity contribution in [3.8, 4) is 11.3 Å². The molecule has 6 heteroatoms. The zero-order chi connectivity index (χ0) is 25.8. The van der Waals surface area contributed by atoms with E-state index in [0.29, 0.717) is 16.5 Å². The maximum Gasteiger partial charge on any atom is 0.158 e. The van der Waals surface area contributed by atoms with Gasteiger partial charge in [0.25, 0.3) is 0 Å². The zero-order valence-corrected chi connectivity index (χ0v) is 22.9. The van der Waals surface area contributed by atoms with Crippen LogP contribution in [0.25, 0.3) is 27.8 Å². The summed E-state index contributed by atoms with van der Waals surface area (Å²) in [6.45, 7) is 15.4. The Bertz CT molecular complexity index is 1400. The van der Waals surface area contributed by atoms with Crippen molar-refractivity contribution in [3.63, 3.8) is 0 Å². The molecule has 1 N–H and O–H groups in total. The van der Waals surface area contributed by atoms with Crippen LogP contribution in [0.3, 0.4) is 0 Å². The van der Waals surface area contributed by atoms with Crippen molar-refractivity contribution in [1.82, 2.24) is 24.6 Å². The minimum absolute atomic E-state index is 0.131. The molecule has 1 fully saturated rings. The third kappa shape index (κ3) is 4.44. The van der Waals surface area contributed by atoms with Gasteiger partial charge in [-0.25, -0.2) is 13.9 Å². The van der Waals surface area contributed by atoms with E-state index in [4.69, 9.17) is 4.98 Å². The number of hydrogen-bond acceptors (Lipinski definition) is 3. The van der Waals surface area contributed by atoms with Crippen LogP contribution in [0.15, 0.2) is 18.7 Å². The van der Waals surface area contributed by atoms with E-state index in [1.165, 1.54) is 25.7 Å². The summed E-state index contributed by atoms with van der Waals surface area (Å²) in [5.74, 6) is 0.982. The first kappa shape index (κ1) is 24.9. The van der Waals surface area contributed by atoms with Gasteiger partial charge in [0, 0.05) is 23.1 Å². The SMILES string of the molecule is Cc1c(-c2[nH]c3cnc(C4CCC(CCC(C)(C)C)CC4)c(F)c3c2C(C)C)cn2ncnc2c1C. The first-order valence-corrected chi connectivity index (χ1v) is 13.5. The lowest BCUT2D eigenvalue weighted by molar-refractivity contribution is 0.257. The Morgan fingerprint density at radius 1 is 1.08 bits per heavy atom. The Labute approximate surface area is 213 Å². The van der Waals surface area contributed by atoms with E-state index in [1.54, 1.807) is 6.33 Å². The molecule has 0 aromatic carbocycles. The van der Waals surface area contributed by atoms with Crippen molar-refractivity contribution >= 4 is 16.6 Å². The molecular weight excluding hydrogens is 449 g/mol. The number of nitrogens with zero attached hydrogens (tertiary/aromatic N) is 4. The normalized spacial score (nSPS) is 19.1. The summed E-state index contributed by atoms with van der Waals surface area (Å²) in [4.78, 5) is 12.6. The second kappa shape index (κ2) is 9.28. The number of aromatic amines is 1. The Morgan fingerprint density at radius 3 is 2.47 bits per heavy atom. The number of aryl methyl sites for hydroxylation is 1. The summed E-state index contributed by atoms with van der Waals surface area (Å²) in [5.41, 5.74) is 7.89. The highest BCUT2D eigenvalue weighted by Crippen LogP contribution is 2.43. The quantitative estimate of drug-likeness (QED) is 0.307. The number of fused-ring (bicyclic) bond motifs is 2. The van der Waals surface area contributed by atoms with Crippen molar-refractivity contribution in [3.05, 3.63) is 46.9 Å². The first-order valence-electron chi connectivity index (χ1n) is 13.5. The second-order valence-electron chi connectivity index (χ2n) is 12.5. The van der Waals surface area contributed by atoms with E-state index in [9.17, 15) is 0 Å². The molecule has 0 atom stereocenters. The van der Waals surface area contributed by atoms with Crippen LogP contribution < -0.4 is 0 Å². The maximum atomic E-state index is 16.3. The van der Waals surface area contributed by atoms with Gasteiger partial charge in [-0.1, -0.05) is 34.6 Å². The van der Waals surface area contributed by atoms with E-state index in [1.807, 2.05) is 16.9 Å². The van der Waals surface area contributed by atoms with Gasteiger partial charge in [-0.3, -0.25) is 4.98 Å².